The molecule has 0 aliphatic carbocycles. The highest BCUT2D eigenvalue weighted by molar-refractivity contribution is 6.32. The van der Waals surface area contributed by atoms with Gasteiger partial charge in [0, 0.05) is 11.3 Å². The van der Waals surface area contributed by atoms with Crippen LogP contribution in [0.2, 0.25) is 5.02 Å². The molecule has 0 radical (unpaired) electrons. The van der Waals surface area contributed by atoms with Crippen molar-refractivity contribution in [3.63, 3.8) is 0 Å². The highest BCUT2D eigenvalue weighted by Gasteiger charge is 2.20. The van der Waals surface area contributed by atoms with E-state index in [0.29, 0.717) is 10.8 Å². The van der Waals surface area contributed by atoms with Gasteiger partial charge in [0.25, 0.3) is 0 Å². The zero-order valence-corrected chi connectivity index (χ0v) is 16.6. The number of hydrogen-bond acceptors (Lipinski definition) is 3. The third-order valence-corrected chi connectivity index (χ3v) is 5.63. The first kappa shape index (κ1) is 17.0. The van der Waals surface area contributed by atoms with Gasteiger partial charge in [0.2, 0.25) is 0 Å². The monoisotopic (exact) mass is 387 g/mol. The van der Waals surface area contributed by atoms with Gasteiger partial charge in [-0.2, -0.15) is 0 Å². The van der Waals surface area contributed by atoms with Gasteiger partial charge in [0.1, 0.15) is 6.33 Å². The maximum atomic E-state index is 6.48. The van der Waals surface area contributed by atoms with Gasteiger partial charge in [0.15, 0.2) is 17.1 Å². The number of fused-ring (bicyclic) bond motifs is 3. The number of aromatic nitrogens is 5. The fourth-order valence-electron chi connectivity index (χ4n) is 3.73. The molecule has 5 aromatic rings. The van der Waals surface area contributed by atoms with Crippen LogP contribution in [-0.4, -0.2) is 24.1 Å². The molecule has 0 saturated heterocycles. The molecule has 0 spiro atoms. The Kier molecular flexibility index (Phi) is 3.74. The third-order valence-electron chi connectivity index (χ3n) is 5.31. The minimum atomic E-state index is 0.686. The van der Waals surface area contributed by atoms with Gasteiger partial charge >= 0.3 is 0 Å². The molecule has 5 nitrogen and oxygen atoms in total. The predicted octanol–water partition coefficient (Wildman–Crippen LogP) is 5.31. The Balaban J connectivity index is 1.84. The van der Waals surface area contributed by atoms with Gasteiger partial charge in [-0.25, -0.2) is 14.5 Å². The summed E-state index contributed by atoms with van der Waals surface area (Å²) in [6.45, 7) is 6.24. The maximum Gasteiger partial charge on any atom is 0.182 e. The number of hydrogen-bond donors (Lipinski definition) is 0. The van der Waals surface area contributed by atoms with Crippen molar-refractivity contribution >= 4 is 28.3 Å². The van der Waals surface area contributed by atoms with Crippen molar-refractivity contribution in [1.82, 2.24) is 24.1 Å². The summed E-state index contributed by atoms with van der Waals surface area (Å²) in [6, 6.07) is 15.9. The Labute approximate surface area is 167 Å². The first-order chi connectivity index (χ1) is 13.6. The fraction of sp³-hybridized carbons (Fsp3) is 0.136. The Bertz CT molecular complexity index is 1360. The molecule has 138 valence electrons. The first-order valence-electron chi connectivity index (χ1n) is 9.10. The average Bonchev–Trinajstić information content (AvgIpc) is 3.22. The largest absolute Gasteiger partial charge is 0.297 e. The zero-order valence-electron chi connectivity index (χ0n) is 15.8. The van der Waals surface area contributed by atoms with E-state index in [2.05, 4.69) is 36.5 Å². The molecular formula is C22H18ClN5. The smallest absolute Gasteiger partial charge is 0.182 e. The summed E-state index contributed by atoms with van der Waals surface area (Å²) in [5.41, 5.74) is 6.92. The van der Waals surface area contributed by atoms with Crippen molar-refractivity contribution in [3.8, 4) is 17.1 Å². The second-order valence-electron chi connectivity index (χ2n) is 6.96. The average molecular weight is 388 g/mol. The quantitative estimate of drug-likeness (QED) is 0.412. The molecule has 0 aliphatic rings. The van der Waals surface area contributed by atoms with Crippen LogP contribution in [0.1, 0.15) is 16.8 Å². The number of nitrogens with zero attached hydrogens (tertiary/aromatic N) is 5. The summed E-state index contributed by atoms with van der Waals surface area (Å²) in [4.78, 5) is 9.57. The molecular weight excluding hydrogens is 370 g/mol. The molecule has 2 aromatic carbocycles. The van der Waals surface area contributed by atoms with Crippen LogP contribution in [0.15, 0.2) is 54.9 Å². The van der Waals surface area contributed by atoms with Gasteiger partial charge < -0.3 is 0 Å². The molecule has 0 atom stereocenters. The van der Waals surface area contributed by atoms with E-state index in [1.807, 2.05) is 42.5 Å². The number of para-hydroxylation sites is 1. The second kappa shape index (κ2) is 6.17. The van der Waals surface area contributed by atoms with Gasteiger partial charge in [-0.1, -0.05) is 48.0 Å². The molecule has 3 heterocycles. The van der Waals surface area contributed by atoms with E-state index in [-0.39, 0.29) is 0 Å². The van der Waals surface area contributed by atoms with E-state index in [4.69, 9.17) is 21.6 Å². The number of rotatable bonds is 2. The Morgan fingerprint density at radius 1 is 0.893 bits per heavy atom. The highest BCUT2D eigenvalue weighted by Crippen LogP contribution is 2.33. The van der Waals surface area contributed by atoms with Crippen LogP contribution in [0.4, 0.5) is 0 Å². The highest BCUT2D eigenvalue weighted by atomic mass is 35.5. The molecule has 0 saturated carbocycles. The van der Waals surface area contributed by atoms with Gasteiger partial charge in [0.05, 0.1) is 16.1 Å². The SMILES string of the molecule is Cc1ccccc1-c1nc2c3c(C)c(C)n(-c4ccccc4Cl)c3ncn2n1. The van der Waals surface area contributed by atoms with Gasteiger partial charge in [-0.05, 0) is 44.0 Å². The molecule has 6 heteroatoms. The minimum absolute atomic E-state index is 0.686. The summed E-state index contributed by atoms with van der Waals surface area (Å²) in [7, 11) is 0. The second-order valence-corrected chi connectivity index (χ2v) is 7.37. The lowest BCUT2D eigenvalue weighted by molar-refractivity contribution is 0.926. The van der Waals surface area contributed by atoms with E-state index in [1.54, 1.807) is 10.8 Å². The van der Waals surface area contributed by atoms with Crippen LogP contribution < -0.4 is 0 Å². The van der Waals surface area contributed by atoms with E-state index >= 15 is 0 Å². The lowest BCUT2D eigenvalue weighted by atomic mass is 10.1. The number of benzene rings is 2. The van der Waals surface area contributed by atoms with Gasteiger partial charge in [-0.15, -0.1) is 5.10 Å². The van der Waals surface area contributed by atoms with Crippen molar-refractivity contribution in [2.75, 3.05) is 0 Å². The normalized spacial score (nSPS) is 11.6. The topological polar surface area (TPSA) is 48.0 Å². The Hall–Kier alpha value is -3.18. The van der Waals surface area contributed by atoms with E-state index in [0.717, 1.165) is 44.8 Å². The summed E-state index contributed by atoms with van der Waals surface area (Å²) in [6.07, 6.45) is 1.72. The van der Waals surface area contributed by atoms with Gasteiger partial charge in [-0.3, -0.25) is 4.57 Å². The number of halogens is 1. The van der Waals surface area contributed by atoms with Crippen LogP contribution in [0.3, 0.4) is 0 Å². The minimum Gasteiger partial charge on any atom is -0.297 e. The fourth-order valence-corrected chi connectivity index (χ4v) is 3.95. The third kappa shape index (κ3) is 2.36. The first-order valence-corrected chi connectivity index (χ1v) is 9.48. The molecule has 0 bridgehead atoms. The van der Waals surface area contributed by atoms with Crippen molar-refractivity contribution in [2.24, 2.45) is 0 Å². The standard InChI is InChI=1S/C22H18ClN5/c1-13-8-4-5-9-16(13)20-25-22-19-14(2)15(3)28(18-11-7-6-10-17(18)23)21(19)24-12-27(22)26-20/h4-12H,1-3H3. The van der Waals surface area contributed by atoms with Crippen LogP contribution in [0, 0.1) is 20.8 Å². The van der Waals surface area contributed by atoms with Crippen molar-refractivity contribution in [3.05, 3.63) is 76.7 Å². The van der Waals surface area contributed by atoms with Crippen LogP contribution in [-0.2, 0) is 0 Å². The molecule has 0 N–H and O–H groups in total. The van der Waals surface area contributed by atoms with E-state index in [1.165, 1.54) is 0 Å². The van der Waals surface area contributed by atoms with E-state index in [9.17, 15) is 0 Å². The van der Waals surface area contributed by atoms with Crippen molar-refractivity contribution < 1.29 is 0 Å². The summed E-state index contributed by atoms with van der Waals surface area (Å²) < 4.78 is 3.85. The lowest BCUT2D eigenvalue weighted by Crippen LogP contribution is -2.00. The number of aryl methyl sites for hydroxylation is 2. The van der Waals surface area contributed by atoms with Crippen LogP contribution >= 0.6 is 11.6 Å². The molecule has 3 aromatic heterocycles. The molecule has 0 aliphatic heterocycles. The predicted molar refractivity (Wildman–Crippen MR) is 112 cm³/mol. The van der Waals surface area contributed by atoms with E-state index < -0.39 is 0 Å². The molecule has 0 amide bonds. The van der Waals surface area contributed by atoms with Crippen molar-refractivity contribution in [1.29, 1.82) is 0 Å². The molecule has 5 rings (SSSR count). The molecule has 28 heavy (non-hydrogen) atoms. The Morgan fingerprint density at radius 3 is 2.43 bits per heavy atom. The Morgan fingerprint density at radius 2 is 1.64 bits per heavy atom. The summed E-state index contributed by atoms with van der Waals surface area (Å²) in [5, 5.41) is 6.35. The van der Waals surface area contributed by atoms with Crippen molar-refractivity contribution in [2.45, 2.75) is 20.8 Å². The lowest BCUT2D eigenvalue weighted by Gasteiger charge is -2.09. The molecule has 0 fully saturated rings. The summed E-state index contributed by atoms with van der Waals surface area (Å²) in [5.74, 6) is 0.704. The van der Waals surface area contributed by atoms with Crippen LogP contribution in [0.5, 0.6) is 0 Å². The zero-order chi connectivity index (χ0) is 19.4. The molecule has 0 unspecified atom stereocenters. The summed E-state index contributed by atoms with van der Waals surface area (Å²) >= 11 is 6.48. The maximum absolute atomic E-state index is 6.48. The van der Waals surface area contributed by atoms with Crippen LogP contribution in [0.25, 0.3) is 33.8 Å².